The molecule has 1 saturated heterocycles. The number of benzene rings is 1. The smallest absolute Gasteiger partial charge is 0.223 e. The molecule has 1 fully saturated rings. The normalized spacial score (nSPS) is 15.0. The third-order valence-electron chi connectivity index (χ3n) is 5.58. The maximum atomic E-state index is 13.5. The summed E-state index contributed by atoms with van der Waals surface area (Å²) in [6.45, 7) is 3.33. The number of thiazole rings is 1. The highest BCUT2D eigenvalue weighted by molar-refractivity contribution is 7.21. The molecule has 4 rings (SSSR count). The Hall–Kier alpha value is -2.58. The number of nitrogens with one attached hydrogen (secondary N) is 1. The lowest BCUT2D eigenvalue weighted by molar-refractivity contribution is -0.125. The number of piperidine rings is 1. The predicted octanol–water partition coefficient (Wildman–Crippen LogP) is 3.78. The molecule has 1 aliphatic rings. The van der Waals surface area contributed by atoms with Gasteiger partial charge in [0.2, 0.25) is 5.91 Å². The van der Waals surface area contributed by atoms with Crippen LogP contribution >= 0.6 is 11.3 Å². The lowest BCUT2D eigenvalue weighted by Crippen LogP contribution is -2.41. The molecule has 0 saturated carbocycles. The van der Waals surface area contributed by atoms with E-state index in [-0.39, 0.29) is 17.6 Å². The zero-order valence-electron chi connectivity index (χ0n) is 18.0. The number of hydrogen-bond acceptors (Lipinski definition) is 6. The number of pyridine rings is 1. The fourth-order valence-electron chi connectivity index (χ4n) is 3.83. The highest BCUT2D eigenvalue weighted by Crippen LogP contribution is 2.32. The van der Waals surface area contributed by atoms with Gasteiger partial charge in [0.15, 0.2) is 5.13 Å². The summed E-state index contributed by atoms with van der Waals surface area (Å²) in [6, 6.07) is 10.3. The van der Waals surface area contributed by atoms with E-state index >= 15 is 0 Å². The zero-order chi connectivity index (χ0) is 21.8. The number of rotatable bonds is 7. The van der Waals surface area contributed by atoms with E-state index in [1.807, 2.05) is 32.3 Å². The van der Waals surface area contributed by atoms with Crippen molar-refractivity contribution in [3.8, 4) is 11.3 Å². The number of hydrogen-bond donors (Lipinski definition) is 1. The van der Waals surface area contributed by atoms with Crippen molar-refractivity contribution in [2.75, 3.05) is 45.2 Å². The zero-order valence-corrected chi connectivity index (χ0v) is 18.8. The third kappa shape index (κ3) is 5.37. The predicted molar refractivity (Wildman–Crippen MR) is 124 cm³/mol. The molecule has 0 bridgehead atoms. The van der Waals surface area contributed by atoms with Gasteiger partial charge in [-0.05, 0) is 64.2 Å². The average molecular weight is 442 g/mol. The van der Waals surface area contributed by atoms with E-state index in [0.29, 0.717) is 0 Å². The quantitative estimate of drug-likeness (QED) is 0.566. The molecule has 0 spiro atoms. The van der Waals surface area contributed by atoms with Gasteiger partial charge in [-0.15, -0.1) is 0 Å². The van der Waals surface area contributed by atoms with Crippen LogP contribution in [0, 0.1) is 11.7 Å². The van der Waals surface area contributed by atoms with E-state index in [1.54, 1.807) is 17.4 Å². The molecule has 1 aromatic carbocycles. The summed E-state index contributed by atoms with van der Waals surface area (Å²) >= 11 is 1.55. The van der Waals surface area contributed by atoms with Gasteiger partial charge in [0.1, 0.15) is 16.2 Å². The Labute approximate surface area is 186 Å². The fourth-order valence-corrected chi connectivity index (χ4v) is 4.82. The summed E-state index contributed by atoms with van der Waals surface area (Å²) in [4.78, 5) is 27.1. The minimum Gasteiger partial charge on any atom is -0.356 e. The van der Waals surface area contributed by atoms with Gasteiger partial charge in [-0.1, -0.05) is 23.5 Å². The van der Waals surface area contributed by atoms with Crippen molar-refractivity contribution in [3.63, 3.8) is 0 Å². The Balaban J connectivity index is 1.36. The van der Waals surface area contributed by atoms with Gasteiger partial charge < -0.3 is 15.1 Å². The van der Waals surface area contributed by atoms with Crippen LogP contribution < -0.4 is 10.2 Å². The Morgan fingerprint density at radius 2 is 2.03 bits per heavy atom. The van der Waals surface area contributed by atoms with Crippen LogP contribution in [-0.2, 0) is 4.79 Å². The maximum absolute atomic E-state index is 13.5. The van der Waals surface area contributed by atoms with Crippen LogP contribution in [0.25, 0.3) is 21.6 Å². The van der Waals surface area contributed by atoms with Crippen LogP contribution in [0.5, 0.6) is 0 Å². The summed E-state index contributed by atoms with van der Waals surface area (Å²) in [5.74, 6) is -0.0270. The van der Waals surface area contributed by atoms with Crippen molar-refractivity contribution in [1.29, 1.82) is 0 Å². The van der Waals surface area contributed by atoms with Crippen molar-refractivity contribution < 1.29 is 9.18 Å². The lowest BCUT2D eigenvalue weighted by atomic mass is 9.96. The fraction of sp³-hybridized carbons (Fsp3) is 0.435. The number of carbonyl (C=O) groups is 1. The molecule has 1 N–H and O–H groups in total. The van der Waals surface area contributed by atoms with Crippen LogP contribution in [-0.4, -0.2) is 61.0 Å². The monoisotopic (exact) mass is 441 g/mol. The molecule has 6 nitrogen and oxygen atoms in total. The van der Waals surface area contributed by atoms with Crippen molar-refractivity contribution >= 4 is 32.7 Å². The van der Waals surface area contributed by atoms with E-state index in [1.165, 1.54) is 12.1 Å². The van der Waals surface area contributed by atoms with Crippen molar-refractivity contribution in [2.24, 2.45) is 5.92 Å². The van der Waals surface area contributed by atoms with Crippen molar-refractivity contribution in [1.82, 2.24) is 20.2 Å². The first-order chi connectivity index (χ1) is 15.0. The highest BCUT2D eigenvalue weighted by Gasteiger charge is 2.26. The number of fused-ring (bicyclic) bond motifs is 1. The first-order valence-electron chi connectivity index (χ1n) is 10.7. The van der Waals surface area contributed by atoms with Crippen LogP contribution in [0.2, 0.25) is 0 Å². The molecule has 1 aliphatic heterocycles. The van der Waals surface area contributed by atoms with E-state index in [9.17, 15) is 9.18 Å². The molecule has 2 aromatic heterocycles. The van der Waals surface area contributed by atoms with Gasteiger partial charge in [0, 0.05) is 31.1 Å². The average Bonchev–Trinajstić information content (AvgIpc) is 3.20. The third-order valence-corrected chi connectivity index (χ3v) is 6.61. The second kappa shape index (κ2) is 9.70. The molecule has 1 amide bonds. The van der Waals surface area contributed by atoms with E-state index < -0.39 is 0 Å². The second-order valence-electron chi connectivity index (χ2n) is 8.24. The molecule has 8 heteroatoms. The first-order valence-corrected chi connectivity index (χ1v) is 11.5. The lowest BCUT2D eigenvalue weighted by Gasteiger charge is -2.31. The molecule has 164 valence electrons. The largest absolute Gasteiger partial charge is 0.356 e. The first kappa shape index (κ1) is 21.6. The van der Waals surface area contributed by atoms with Gasteiger partial charge in [-0.25, -0.2) is 14.4 Å². The molecular formula is C23H28FN5OS. The van der Waals surface area contributed by atoms with E-state index in [2.05, 4.69) is 15.1 Å². The molecule has 3 heterocycles. The summed E-state index contributed by atoms with van der Waals surface area (Å²) < 4.78 is 13.5. The van der Waals surface area contributed by atoms with Crippen molar-refractivity contribution in [3.05, 3.63) is 42.2 Å². The Morgan fingerprint density at radius 1 is 1.23 bits per heavy atom. The number of aromatic nitrogens is 2. The SMILES string of the molecule is CN(C)CCCNC(=O)C1CCN(c2nc3ccc(-c4cccc(F)c4)nc3s2)CC1. The Kier molecular flexibility index (Phi) is 6.77. The van der Waals surface area contributed by atoms with Crippen LogP contribution in [0.3, 0.4) is 0 Å². The minimum atomic E-state index is -0.269. The number of halogens is 1. The van der Waals surface area contributed by atoms with Crippen LogP contribution in [0.15, 0.2) is 36.4 Å². The van der Waals surface area contributed by atoms with Gasteiger partial charge >= 0.3 is 0 Å². The number of nitrogens with zero attached hydrogens (tertiary/aromatic N) is 4. The highest BCUT2D eigenvalue weighted by atomic mass is 32.1. The topological polar surface area (TPSA) is 61.4 Å². The summed E-state index contributed by atoms with van der Waals surface area (Å²) in [5, 5.41) is 4.01. The van der Waals surface area contributed by atoms with E-state index in [0.717, 1.165) is 72.2 Å². The summed E-state index contributed by atoms with van der Waals surface area (Å²) in [6.07, 6.45) is 2.63. The molecular weight excluding hydrogens is 413 g/mol. The second-order valence-corrected chi connectivity index (χ2v) is 9.19. The number of carbonyl (C=O) groups excluding carboxylic acids is 1. The van der Waals surface area contributed by atoms with Crippen LogP contribution in [0.1, 0.15) is 19.3 Å². The number of amides is 1. The van der Waals surface area contributed by atoms with Crippen LogP contribution in [0.4, 0.5) is 9.52 Å². The standard InChI is InChI=1S/C23H28FN5OS/c1-28(2)12-4-11-25-21(30)16-9-13-29(14-10-16)23-27-20-8-7-19(26-22(20)31-23)17-5-3-6-18(24)15-17/h3,5-8,15-16H,4,9-14H2,1-2H3,(H,25,30). The molecule has 0 radical (unpaired) electrons. The van der Waals surface area contributed by atoms with E-state index in [4.69, 9.17) is 9.97 Å². The molecule has 0 aliphatic carbocycles. The minimum absolute atomic E-state index is 0.0719. The van der Waals surface area contributed by atoms with Gasteiger partial charge in [-0.3, -0.25) is 4.79 Å². The van der Waals surface area contributed by atoms with Crippen molar-refractivity contribution in [2.45, 2.75) is 19.3 Å². The Morgan fingerprint density at radius 3 is 2.77 bits per heavy atom. The molecule has 3 aromatic rings. The van der Waals surface area contributed by atoms with Gasteiger partial charge in [-0.2, -0.15) is 0 Å². The van der Waals surface area contributed by atoms with Gasteiger partial charge in [0.05, 0.1) is 5.69 Å². The molecule has 0 atom stereocenters. The van der Waals surface area contributed by atoms with Gasteiger partial charge in [0.25, 0.3) is 0 Å². The summed E-state index contributed by atoms with van der Waals surface area (Å²) in [7, 11) is 4.08. The number of anilines is 1. The maximum Gasteiger partial charge on any atom is 0.223 e. The molecule has 0 unspecified atom stereocenters. The Bertz CT molecular complexity index is 1050. The summed E-state index contributed by atoms with van der Waals surface area (Å²) in [5.41, 5.74) is 2.35. The molecule has 31 heavy (non-hydrogen) atoms.